The first kappa shape index (κ1) is 14.3. The average molecular weight is 268 g/mol. The van der Waals surface area contributed by atoms with Gasteiger partial charge in [-0.2, -0.15) is 0 Å². The molecule has 108 valence electrons. The van der Waals surface area contributed by atoms with E-state index in [2.05, 4.69) is 6.92 Å². The second-order valence-corrected chi connectivity index (χ2v) is 6.18. The fourth-order valence-corrected chi connectivity index (χ4v) is 3.07. The summed E-state index contributed by atoms with van der Waals surface area (Å²) in [5.74, 6) is -0.0625. The van der Waals surface area contributed by atoms with Crippen LogP contribution in [0, 0.1) is 17.8 Å². The van der Waals surface area contributed by atoms with Crippen molar-refractivity contribution in [2.45, 2.75) is 26.7 Å². The van der Waals surface area contributed by atoms with E-state index in [1.807, 2.05) is 16.7 Å². The van der Waals surface area contributed by atoms with Gasteiger partial charge >= 0.3 is 5.97 Å². The van der Waals surface area contributed by atoms with E-state index in [1.54, 1.807) is 0 Å². The molecule has 2 aliphatic rings. The van der Waals surface area contributed by atoms with Crippen LogP contribution in [0.2, 0.25) is 0 Å². The van der Waals surface area contributed by atoms with Gasteiger partial charge in [0.05, 0.1) is 12.5 Å². The minimum atomic E-state index is -0.741. The molecule has 0 aromatic carbocycles. The zero-order valence-electron chi connectivity index (χ0n) is 11.8. The van der Waals surface area contributed by atoms with Crippen LogP contribution in [-0.4, -0.2) is 59.5 Å². The predicted molar refractivity (Wildman–Crippen MR) is 71.7 cm³/mol. The predicted octanol–water partition coefficient (Wildman–Crippen LogP) is 0.897. The Balaban J connectivity index is 1.82. The van der Waals surface area contributed by atoms with E-state index < -0.39 is 5.97 Å². The van der Waals surface area contributed by atoms with E-state index in [0.29, 0.717) is 25.6 Å². The molecule has 2 fully saturated rings. The van der Waals surface area contributed by atoms with E-state index in [1.165, 1.54) is 0 Å². The van der Waals surface area contributed by atoms with Gasteiger partial charge in [0.1, 0.15) is 0 Å². The number of hydrogen-bond acceptors (Lipinski definition) is 3. The number of carboxylic acid groups (broad SMARTS) is 1. The molecule has 0 aliphatic carbocycles. The summed E-state index contributed by atoms with van der Waals surface area (Å²) in [5, 5.41) is 9.09. The van der Waals surface area contributed by atoms with Gasteiger partial charge < -0.3 is 10.0 Å². The van der Waals surface area contributed by atoms with Crippen LogP contribution < -0.4 is 0 Å². The molecular formula is C14H24N2O3. The highest BCUT2D eigenvalue weighted by atomic mass is 16.4. The molecular weight excluding hydrogens is 244 g/mol. The molecule has 2 heterocycles. The smallest absolute Gasteiger partial charge is 0.308 e. The third kappa shape index (κ3) is 3.47. The number of carboxylic acids is 1. The Morgan fingerprint density at radius 3 is 2.32 bits per heavy atom. The maximum atomic E-state index is 12.2. The largest absolute Gasteiger partial charge is 0.481 e. The fourth-order valence-electron chi connectivity index (χ4n) is 3.07. The van der Waals surface area contributed by atoms with Crippen molar-refractivity contribution in [2.24, 2.45) is 17.8 Å². The van der Waals surface area contributed by atoms with Crippen LogP contribution in [0.5, 0.6) is 0 Å². The van der Waals surface area contributed by atoms with E-state index in [0.717, 1.165) is 25.9 Å². The Bertz CT molecular complexity index is 351. The molecule has 2 saturated heterocycles. The van der Waals surface area contributed by atoms with Crippen LogP contribution in [0.1, 0.15) is 26.7 Å². The van der Waals surface area contributed by atoms with Gasteiger partial charge in [0.15, 0.2) is 0 Å². The van der Waals surface area contributed by atoms with Crippen molar-refractivity contribution in [1.29, 1.82) is 0 Å². The summed E-state index contributed by atoms with van der Waals surface area (Å²) in [6.07, 6.45) is 2.17. The summed E-state index contributed by atoms with van der Waals surface area (Å²) in [4.78, 5) is 27.2. The quantitative estimate of drug-likeness (QED) is 0.826. The first-order valence-corrected chi connectivity index (χ1v) is 7.20. The molecule has 0 aromatic heterocycles. The number of aliphatic carboxylic acids is 1. The first-order chi connectivity index (χ1) is 8.97. The number of likely N-dealkylation sites (tertiary alicyclic amines) is 2. The van der Waals surface area contributed by atoms with Crippen molar-refractivity contribution in [3.63, 3.8) is 0 Å². The maximum absolute atomic E-state index is 12.2. The molecule has 0 bridgehead atoms. The molecule has 0 unspecified atom stereocenters. The van der Waals surface area contributed by atoms with E-state index in [9.17, 15) is 9.59 Å². The molecule has 0 spiro atoms. The lowest BCUT2D eigenvalue weighted by molar-refractivity contribution is -0.142. The normalized spacial score (nSPS) is 29.7. The second kappa shape index (κ2) is 5.90. The molecule has 2 aliphatic heterocycles. The monoisotopic (exact) mass is 268 g/mol. The molecule has 0 radical (unpaired) electrons. The lowest BCUT2D eigenvalue weighted by Crippen LogP contribution is -2.43. The van der Waals surface area contributed by atoms with Crippen LogP contribution in [0.15, 0.2) is 0 Å². The highest BCUT2D eigenvalue weighted by Crippen LogP contribution is 2.23. The van der Waals surface area contributed by atoms with Crippen LogP contribution in [0.25, 0.3) is 0 Å². The standard InChI is InChI=1S/C14H24N2O3/c1-10-3-5-16(6-4-10)13(17)9-15-7-11(2)12(8-15)14(18)19/h10-12H,3-9H2,1-2H3,(H,18,19)/t11-,12-/m1/s1. The van der Waals surface area contributed by atoms with Crippen molar-refractivity contribution in [3.05, 3.63) is 0 Å². The number of nitrogens with zero attached hydrogens (tertiary/aromatic N) is 2. The molecule has 0 saturated carbocycles. The summed E-state index contributed by atoms with van der Waals surface area (Å²) in [6.45, 7) is 7.48. The number of piperidine rings is 1. The molecule has 19 heavy (non-hydrogen) atoms. The van der Waals surface area contributed by atoms with Crippen LogP contribution in [0.3, 0.4) is 0 Å². The lowest BCUT2D eigenvalue weighted by Gasteiger charge is -2.31. The highest BCUT2D eigenvalue weighted by Gasteiger charge is 2.36. The van der Waals surface area contributed by atoms with Crippen LogP contribution in [-0.2, 0) is 9.59 Å². The summed E-state index contributed by atoms with van der Waals surface area (Å²) < 4.78 is 0. The summed E-state index contributed by atoms with van der Waals surface area (Å²) >= 11 is 0. The number of carbonyl (C=O) groups is 2. The van der Waals surface area contributed by atoms with Gasteiger partial charge in [-0.1, -0.05) is 13.8 Å². The Morgan fingerprint density at radius 2 is 1.79 bits per heavy atom. The topological polar surface area (TPSA) is 60.9 Å². The summed E-state index contributed by atoms with van der Waals surface area (Å²) in [6, 6.07) is 0. The maximum Gasteiger partial charge on any atom is 0.308 e. The van der Waals surface area contributed by atoms with Gasteiger partial charge in [-0.25, -0.2) is 0 Å². The molecule has 0 aromatic rings. The Morgan fingerprint density at radius 1 is 1.16 bits per heavy atom. The number of carbonyl (C=O) groups excluding carboxylic acids is 1. The van der Waals surface area contributed by atoms with Gasteiger partial charge in [-0.15, -0.1) is 0 Å². The number of amides is 1. The molecule has 5 heteroatoms. The van der Waals surface area contributed by atoms with Crippen molar-refractivity contribution < 1.29 is 14.7 Å². The molecule has 1 N–H and O–H groups in total. The Kier molecular flexibility index (Phi) is 4.45. The summed E-state index contributed by atoms with van der Waals surface area (Å²) in [7, 11) is 0. The van der Waals surface area contributed by atoms with Crippen molar-refractivity contribution in [2.75, 3.05) is 32.7 Å². The second-order valence-electron chi connectivity index (χ2n) is 6.18. The van der Waals surface area contributed by atoms with E-state index in [-0.39, 0.29) is 17.7 Å². The summed E-state index contributed by atoms with van der Waals surface area (Å²) in [5.41, 5.74) is 0. The lowest BCUT2D eigenvalue weighted by atomic mass is 9.99. The molecule has 2 atom stereocenters. The number of hydrogen-bond donors (Lipinski definition) is 1. The van der Waals surface area contributed by atoms with Crippen molar-refractivity contribution >= 4 is 11.9 Å². The number of rotatable bonds is 3. The van der Waals surface area contributed by atoms with Gasteiger partial charge in [0.2, 0.25) is 5.91 Å². The van der Waals surface area contributed by atoms with Gasteiger partial charge in [0.25, 0.3) is 0 Å². The Labute approximate surface area is 114 Å². The van der Waals surface area contributed by atoms with Gasteiger partial charge in [-0.05, 0) is 24.7 Å². The van der Waals surface area contributed by atoms with E-state index in [4.69, 9.17) is 5.11 Å². The molecule has 1 amide bonds. The van der Waals surface area contributed by atoms with Crippen LogP contribution in [0.4, 0.5) is 0 Å². The highest BCUT2D eigenvalue weighted by molar-refractivity contribution is 5.78. The Hall–Kier alpha value is -1.10. The third-order valence-electron chi connectivity index (χ3n) is 4.50. The minimum absolute atomic E-state index is 0.131. The first-order valence-electron chi connectivity index (χ1n) is 7.20. The van der Waals surface area contributed by atoms with Gasteiger partial charge in [0, 0.05) is 26.2 Å². The van der Waals surface area contributed by atoms with Crippen molar-refractivity contribution in [3.8, 4) is 0 Å². The third-order valence-corrected chi connectivity index (χ3v) is 4.50. The van der Waals surface area contributed by atoms with Crippen LogP contribution >= 0.6 is 0 Å². The zero-order valence-corrected chi connectivity index (χ0v) is 11.8. The molecule has 5 nitrogen and oxygen atoms in total. The minimum Gasteiger partial charge on any atom is -0.481 e. The van der Waals surface area contributed by atoms with E-state index >= 15 is 0 Å². The zero-order chi connectivity index (χ0) is 14.0. The fraction of sp³-hybridized carbons (Fsp3) is 0.857. The molecule has 2 rings (SSSR count). The SMILES string of the molecule is CC1CCN(C(=O)CN2C[C@@H](C)[C@H](C(=O)O)C2)CC1. The van der Waals surface area contributed by atoms with Crippen molar-refractivity contribution in [1.82, 2.24) is 9.80 Å². The van der Waals surface area contributed by atoms with Gasteiger partial charge in [-0.3, -0.25) is 14.5 Å². The average Bonchev–Trinajstić information content (AvgIpc) is 2.71.